The number of amides is 1. The molecule has 1 heterocycles. The van der Waals surface area contributed by atoms with Crippen LogP contribution in [0.2, 0.25) is 10.0 Å². The molecule has 0 saturated carbocycles. The SMILES string of the molecule is N#CCN=C(Nc1cc(Cl)cc(Cl)c1)N(Cc1ccc(C(=O)Nc2nn[nH]n2)cc1)c1ccc(C2=CCCCC2)cc1. The molecule has 0 spiro atoms. The molecule has 0 unspecified atom stereocenters. The van der Waals surface area contributed by atoms with E-state index in [4.69, 9.17) is 23.2 Å². The molecule has 212 valence electrons. The largest absolute Gasteiger partial charge is 0.326 e. The molecule has 1 aromatic heterocycles. The number of H-pyrrole nitrogens is 1. The zero-order chi connectivity index (χ0) is 29.3. The standard InChI is InChI=1S/C30H27Cl2N9O/c31-24-16-25(32)18-26(17-24)35-30(34-15-14-33)41(27-12-10-22(11-13-27)21-4-2-1-3-5-21)19-20-6-8-23(9-7-20)28(42)36-29-37-39-40-38-29/h4,6-13,16-18H,1-3,5,15,19H2,(H,34,35)(H2,36,37,38,39,40,42). The Bertz CT molecular complexity index is 1610. The number of nitrogens with one attached hydrogen (secondary N) is 3. The molecule has 42 heavy (non-hydrogen) atoms. The smallest absolute Gasteiger partial charge is 0.270 e. The predicted molar refractivity (Wildman–Crippen MR) is 166 cm³/mol. The summed E-state index contributed by atoms with van der Waals surface area (Å²) in [5, 5.41) is 29.4. The summed E-state index contributed by atoms with van der Waals surface area (Å²) in [6.07, 6.45) is 6.91. The summed E-state index contributed by atoms with van der Waals surface area (Å²) >= 11 is 12.5. The van der Waals surface area contributed by atoms with Crippen LogP contribution in [0.5, 0.6) is 0 Å². The van der Waals surface area contributed by atoms with Crippen molar-refractivity contribution in [1.82, 2.24) is 20.6 Å². The molecule has 0 atom stereocenters. The fraction of sp³-hybridized carbons (Fsp3) is 0.200. The number of guanidine groups is 1. The number of carbonyl (C=O) groups excluding carboxylic acids is 1. The molecule has 4 aromatic rings. The van der Waals surface area contributed by atoms with E-state index in [1.54, 1.807) is 30.3 Å². The maximum Gasteiger partial charge on any atom is 0.270 e. The molecule has 0 radical (unpaired) electrons. The van der Waals surface area contributed by atoms with E-state index in [1.165, 1.54) is 24.0 Å². The monoisotopic (exact) mass is 599 g/mol. The molecule has 1 aliphatic rings. The third kappa shape index (κ3) is 7.51. The maximum absolute atomic E-state index is 12.6. The van der Waals surface area contributed by atoms with Gasteiger partial charge in [-0.05, 0) is 90.1 Å². The molecule has 12 heteroatoms. The Morgan fingerprint density at radius 2 is 1.79 bits per heavy atom. The van der Waals surface area contributed by atoms with Gasteiger partial charge in [0.15, 0.2) is 0 Å². The van der Waals surface area contributed by atoms with Gasteiger partial charge in [0.1, 0.15) is 6.54 Å². The van der Waals surface area contributed by atoms with E-state index >= 15 is 0 Å². The number of hydrogen-bond donors (Lipinski definition) is 3. The number of aromatic nitrogens is 4. The highest BCUT2D eigenvalue weighted by molar-refractivity contribution is 6.35. The lowest BCUT2D eigenvalue weighted by molar-refractivity contribution is 0.102. The molecule has 3 aromatic carbocycles. The molecule has 10 nitrogen and oxygen atoms in total. The number of hydrogen-bond acceptors (Lipinski definition) is 6. The van der Waals surface area contributed by atoms with E-state index in [-0.39, 0.29) is 18.4 Å². The van der Waals surface area contributed by atoms with E-state index < -0.39 is 0 Å². The second-order valence-electron chi connectivity index (χ2n) is 9.58. The highest BCUT2D eigenvalue weighted by atomic mass is 35.5. The Morgan fingerprint density at radius 1 is 1.02 bits per heavy atom. The number of allylic oxidation sites excluding steroid dienone is 2. The van der Waals surface area contributed by atoms with E-state index in [0.29, 0.717) is 33.8 Å². The summed E-state index contributed by atoms with van der Waals surface area (Å²) in [6.45, 7) is 0.327. The van der Waals surface area contributed by atoms with Crippen molar-refractivity contribution in [2.45, 2.75) is 32.2 Å². The van der Waals surface area contributed by atoms with Crippen LogP contribution >= 0.6 is 23.2 Å². The predicted octanol–water partition coefficient (Wildman–Crippen LogP) is 6.71. The summed E-state index contributed by atoms with van der Waals surface area (Å²) in [5.74, 6) is 0.176. The van der Waals surface area contributed by atoms with Crippen LogP contribution in [0, 0.1) is 11.3 Å². The number of carbonyl (C=O) groups is 1. The minimum Gasteiger partial charge on any atom is -0.326 e. The summed E-state index contributed by atoms with van der Waals surface area (Å²) < 4.78 is 0. The molecule has 1 amide bonds. The number of tetrazole rings is 1. The van der Waals surface area contributed by atoms with Crippen LogP contribution in [0.25, 0.3) is 5.57 Å². The van der Waals surface area contributed by atoms with Crippen molar-refractivity contribution in [1.29, 1.82) is 5.26 Å². The first kappa shape index (κ1) is 28.8. The molecule has 0 saturated heterocycles. The fourth-order valence-electron chi connectivity index (χ4n) is 4.63. The molecule has 3 N–H and O–H groups in total. The van der Waals surface area contributed by atoms with Crippen molar-refractivity contribution in [2.75, 3.05) is 22.1 Å². The zero-order valence-corrected chi connectivity index (χ0v) is 24.0. The number of benzene rings is 3. The molecule has 1 aliphatic carbocycles. The van der Waals surface area contributed by atoms with Crippen LogP contribution in [-0.4, -0.2) is 39.0 Å². The van der Waals surface area contributed by atoms with E-state index in [0.717, 1.165) is 24.1 Å². The summed E-state index contributed by atoms with van der Waals surface area (Å²) in [6, 6.07) is 22.7. The van der Waals surface area contributed by atoms with E-state index in [2.05, 4.69) is 60.5 Å². The van der Waals surface area contributed by atoms with Crippen molar-refractivity contribution < 1.29 is 4.79 Å². The Kier molecular flexibility index (Phi) is 9.44. The normalized spacial score (nSPS) is 13.2. The van der Waals surface area contributed by atoms with Gasteiger partial charge in [-0.1, -0.05) is 58.6 Å². The van der Waals surface area contributed by atoms with Gasteiger partial charge < -0.3 is 10.2 Å². The zero-order valence-electron chi connectivity index (χ0n) is 22.5. The Morgan fingerprint density at radius 3 is 2.43 bits per heavy atom. The van der Waals surface area contributed by atoms with Crippen molar-refractivity contribution in [3.8, 4) is 6.07 Å². The van der Waals surface area contributed by atoms with Crippen LogP contribution in [0.15, 0.2) is 77.8 Å². The van der Waals surface area contributed by atoms with Crippen LogP contribution in [0.3, 0.4) is 0 Å². The number of halogens is 2. The number of rotatable bonds is 8. The van der Waals surface area contributed by atoms with Gasteiger partial charge in [-0.2, -0.15) is 10.5 Å². The molecular weight excluding hydrogens is 573 g/mol. The topological polar surface area (TPSA) is 135 Å². The van der Waals surface area contributed by atoms with Gasteiger partial charge >= 0.3 is 0 Å². The van der Waals surface area contributed by atoms with Crippen LogP contribution < -0.4 is 15.5 Å². The lowest BCUT2D eigenvalue weighted by Gasteiger charge is -2.28. The fourth-order valence-corrected chi connectivity index (χ4v) is 5.16. The molecule has 5 rings (SSSR count). The van der Waals surface area contributed by atoms with Crippen LogP contribution in [0.4, 0.5) is 17.3 Å². The quantitative estimate of drug-likeness (QED) is 0.116. The van der Waals surface area contributed by atoms with Gasteiger partial charge in [0.2, 0.25) is 5.96 Å². The van der Waals surface area contributed by atoms with Crippen molar-refractivity contribution in [3.05, 3.63) is 99.5 Å². The number of nitrogens with zero attached hydrogens (tertiary/aromatic N) is 6. The van der Waals surface area contributed by atoms with Gasteiger partial charge in [-0.3, -0.25) is 10.1 Å². The maximum atomic E-state index is 12.6. The average Bonchev–Trinajstić information content (AvgIpc) is 3.51. The first-order chi connectivity index (χ1) is 20.5. The van der Waals surface area contributed by atoms with Crippen LogP contribution in [0.1, 0.15) is 47.2 Å². The lowest BCUT2D eigenvalue weighted by atomic mass is 9.93. The number of anilines is 3. The summed E-state index contributed by atoms with van der Waals surface area (Å²) in [7, 11) is 0. The van der Waals surface area contributed by atoms with Crippen LogP contribution in [-0.2, 0) is 6.54 Å². The highest BCUT2D eigenvalue weighted by Crippen LogP contribution is 2.29. The van der Waals surface area contributed by atoms with Crippen molar-refractivity contribution in [3.63, 3.8) is 0 Å². The Hall–Kier alpha value is -4.72. The van der Waals surface area contributed by atoms with E-state index in [1.807, 2.05) is 29.2 Å². The van der Waals surface area contributed by atoms with Gasteiger partial charge in [0.25, 0.3) is 11.9 Å². The van der Waals surface area contributed by atoms with Gasteiger partial charge in [-0.25, -0.2) is 4.99 Å². The van der Waals surface area contributed by atoms with Gasteiger partial charge in [-0.15, -0.1) is 5.10 Å². The number of nitriles is 1. The summed E-state index contributed by atoms with van der Waals surface area (Å²) in [5.41, 5.74) is 5.39. The minimum absolute atomic E-state index is 0.0622. The second-order valence-corrected chi connectivity index (χ2v) is 10.4. The van der Waals surface area contributed by atoms with Crippen molar-refractivity contribution in [2.24, 2.45) is 4.99 Å². The molecular formula is C30H27Cl2N9O. The Labute approximate surface area is 253 Å². The first-order valence-corrected chi connectivity index (χ1v) is 14.1. The minimum atomic E-state index is -0.358. The Balaban J connectivity index is 1.45. The lowest BCUT2D eigenvalue weighted by Crippen LogP contribution is -2.36. The van der Waals surface area contributed by atoms with Crippen molar-refractivity contribution >= 4 is 58.0 Å². The average molecular weight is 601 g/mol. The molecule has 0 bridgehead atoms. The first-order valence-electron chi connectivity index (χ1n) is 13.3. The number of aromatic amines is 1. The molecule has 0 fully saturated rings. The highest BCUT2D eigenvalue weighted by Gasteiger charge is 2.18. The third-order valence-electron chi connectivity index (χ3n) is 6.64. The van der Waals surface area contributed by atoms with E-state index in [9.17, 15) is 10.1 Å². The van der Waals surface area contributed by atoms with Gasteiger partial charge in [0, 0.05) is 27.0 Å². The third-order valence-corrected chi connectivity index (χ3v) is 7.08. The molecule has 0 aliphatic heterocycles. The van der Waals surface area contributed by atoms with Gasteiger partial charge in [0.05, 0.1) is 12.6 Å². The number of aliphatic imine (C=N–C) groups is 1. The summed E-state index contributed by atoms with van der Waals surface area (Å²) in [4.78, 5) is 19.1. The second kappa shape index (κ2) is 13.8.